The summed E-state index contributed by atoms with van der Waals surface area (Å²) in [5.74, 6) is -0.116. The van der Waals surface area contributed by atoms with E-state index in [0.717, 1.165) is 19.3 Å². The van der Waals surface area contributed by atoms with Gasteiger partial charge in [-0.15, -0.1) is 0 Å². The molecule has 3 heteroatoms. The zero-order valence-electron chi connectivity index (χ0n) is 7.71. The second-order valence-corrected chi connectivity index (χ2v) is 3.63. The van der Waals surface area contributed by atoms with Crippen molar-refractivity contribution in [2.24, 2.45) is 5.92 Å². The Morgan fingerprint density at radius 3 is 2.75 bits per heavy atom. The third-order valence-corrected chi connectivity index (χ3v) is 2.81. The first-order valence-electron chi connectivity index (χ1n) is 4.64. The van der Waals surface area contributed by atoms with Crippen LogP contribution in [0.25, 0.3) is 0 Å². The molecule has 1 aliphatic rings. The maximum absolute atomic E-state index is 10.6. The van der Waals surface area contributed by atoms with E-state index < -0.39 is 5.97 Å². The Kier molecular flexibility index (Phi) is 3.09. The van der Waals surface area contributed by atoms with Crippen LogP contribution in [-0.2, 0) is 4.79 Å². The highest BCUT2D eigenvalue weighted by Crippen LogP contribution is 2.20. The van der Waals surface area contributed by atoms with Crippen LogP contribution in [0.15, 0.2) is 0 Å². The molecule has 3 atom stereocenters. The third kappa shape index (κ3) is 1.97. The number of carbonyl (C=O) groups is 1. The van der Waals surface area contributed by atoms with Gasteiger partial charge in [-0.3, -0.25) is 4.79 Å². The van der Waals surface area contributed by atoms with Gasteiger partial charge in [-0.1, -0.05) is 20.3 Å². The summed E-state index contributed by atoms with van der Waals surface area (Å²) in [6.07, 6.45) is 2.90. The minimum Gasteiger partial charge on any atom is -0.480 e. The van der Waals surface area contributed by atoms with Crippen molar-refractivity contribution >= 4 is 5.97 Å². The molecule has 3 nitrogen and oxygen atoms in total. The molecule has 2 N–H and O–H groups in total. The fraction of sp³-hybridized carbons (Fsp3) is 0.889. The molecule has 0 aromatic heterocycles. The van der Waals surface area contributed by atoms with E-state index >= 15 is 0 Å². The summed E-state index contributed by atoms with van der Waals surface area (Å²) in [7, 11) is 0. The number of carboxylic acid groups (broad SMARTS) is 1. The Morgan fingerprint density at radius 1 is 1.67 bits per heavy atom. The van der Waals surface area contributed by atoms with E-state index in [-0.39, 0.29) is 6.04 Å². The van der Waals surface area contributed by atoms with Crippen molar-refractivity contribution in [2.75, 3.05) is 0 Å². The Bertz CT molecular complexity index is 170. The van der Waals surface area contributed by atoms with Gasteiger partial charge < -0.3 is 10.4 Å². The minimum absolute atomic E-state index is 0.302. The van der Waals surface area contributed by atoms with Gasteiger partial charge in [0.1, 0.15) is 6.04 Å². The average Bonchev–Trinajstić information content (AvgIpc) is 2.51. The molecule has 70 valence electrons. The molecule has 1 aliphatic heterocycles. The second-order valence-electron chi connectivity index (χ2n) is 3.63. The molecule has 0 radical (unpaired) electrons. The van der Waals surface area contributed by atoms with E-state index in [1.54, 1.807) is 0 Å². The molecule has 1 saturated heterocycles. The monoisotopic (exact) mass is 171 g/mol. The SMILES string of the molecule is CCC(C)C1CCC(C(=O)O)N1. The number of hydrogen-bond acceptors (Lipinski definition) is 2. The van der Waals surface area contributed by atoms with Crippen molar-refractivity contribution in [3.8, 4) is 0 Å². The maximum Gasteiger partial charge on any atom is 0.320 e. The molecule has 0 saturated carbocycles. The smallest absolute Gasteiger partial charge is 0.320 e. The van der Waals surface area contributed by atoms with Gasteiger partial charge in [0.2, 0.25) is 0 Å². The molecule has 0 aromatic carbocycles. The fourth-order valence-electron chi connectivity index (χ4n) is 1.70. The highest BCUT2D eigenvalue weighted by Gasteiger charge is 2.30. The zero-order valence-corrected chi connectivity index (χ0v) is 7.71. The average molecular weight is 171 g/mol. The number of hydrogen-bond donors (Lipinski definition) is 2. The van der Waals surface area contributed by atoms with Crippen LogP contribution in [0.1, 0.15) is 33.1 Å². The van der Waals surface area contributed by atoms with E-state index in [1.165, 1.54) is 0 Å². The molecule has 0 bridgehead atoms. The molecule has 1 heterocycles. The lowest BCUT2D eigenvalue weighted by atomic mass is 9.98. The molecule has 0 aromatic rings. The summed E-state index contributed by atoms with van der Waals surface area (Å²) in [6.45, 7) is 4.31. The van der Waals surface area contributed by atoms with Gasteiger partial charge in [0.25, 0.3) is 0 Å². The number of nitrogens with one attached hydrogen (secondary N) is 1. The van der Waals surface area contributed by atoms with E-state index in [2.05, 4.69) is 19.2 Å². The highest BCUT2D eigenvalue weighted by molar-refractivity contribution is 5.73. The molecular formula is C9H17NO2. The molecule has 0 spiro atoms. The van der Waals surface area contributed by atoms with Gasteiger partial charge in [-0.05, 0) is 18.8 Å². The van der Waals surface area contributed by atoms with Crippen molar-refractivity contribution < 1.29 is 9.90 Å². The van der Waals surface area contributed by atoms with Crippen LogP contribution in [0.5, 0.6) is 0 Å². The lowest BCUT2D eigenvalue weighted by molar-refractivity contribution is -0.139. The second kappa shape index (κ2) is 3.90. The first kappa shape index (κ1) is 9.52. The van der Waals surface area contributed by atoms with Gasteiger partial charge in [0.15, 0.2) is 0 Å². The lowest BCUT2D eigenvalue weighted by Crippen LogP contribution is -2.38. The lowest BCUT2D eigenvalue weighted by Gasteiger charge is -2.17. The van der Waals surface area contributed by atoms with Gasteiger partial charge >= 0.3 is 5.97 Å². The van der Waals surface area contributed by atoms with Crippen LogP contribution in [0.4, 0.5) is 0 Å². The van der Waals surface area contributed by atoms with Crippen LogP contribution in [0, 0.1) is 5.92 Å². The molecule has 0 aliphatic carbocycles. The molecule has 0 amide bonds. The molecular weight excluding hydrogens is 154 g/mol. The van der Waals surface area contributed by atoms with Crippen molar-refractivity contribution in [2.45, 2.75) is 45.2 Å². The van der Waals surface area contributed by atoms with Gasteiger partial charge in [-0.2, -0.15) is 0 Å². The van der Waals surface area contributed by atoms with Crippen LogP contribution < -0.4 is 5.32 Å². The summed E-state index contributed by atoms with van der Waals surface area (Å²) in [4.78, 5) is 10.6. The Balaban J connectivity index is 2.40. The minimum atomic E-state index is -0.708. The van der Waals surface area contributed by atoms with Crippen molar-refractivity contribution in [1.82, 2.24) is 5.32 Å². The quantitative estimate of drug-likeness (QED) is 0.671. The highest BCUT2D eigenvalue weighted by atomic mass is 16.4. The predicted octanol–water partition coefficient (Wildman–Crippen LogP) is 1.24. The van der Waals surface area contributed by atoms with Crippen LogP contribution in [0.3, 0.4) is 0 Å². The molecule has 3 unspecified atom stereocenters. The molecule has 12 heavy (non-hydrogen) atoms. The largest absolute Gasteiger partial charge is 0.480 e. The summed E-state index contributed by atoms with van der Waals surface area (Å²) in [6, 6.07) is 0.111. The van der Waals surface area contributed by atoms with E-state index in [4.69, 9.17) is 5.11 Å². The van der Waals surface area contributed by atoms with E-state index in [0.29, 0.717) is 12.0 Å². The number of carboxylic acids is 1. The number of rotatable bonds is 3. The van der Waals surface area contributed by atoms with Crippen molar-refractivity contribution in [1.29, 1.82) is 0 Å². The van der Waals surface area contributed by atoms with Gasteiger partial charge in [0, 0.05) is 6.04 Å². The molecule has 1 rings (SSSR count). The van der Waals surface area contributed by atoms with Crippen LogP contribution >= 0.6 is 0 Å². The summed E-state index contributed by atoms with van der Waals surface area (Å²) in [5, 5.41) is 11.9. The maximum atomic E-state index is 10.6. The fourth-order valence-corrected chi connectivity index (χ4v) is 1.70. The number of aliphatic carboxylic acids is 1. The third-order valence-electron chi connectivity index (χ3n) is 2.81. The first-order valence-corrected chi connectivity index (χ1v) is 4.64. The van der Waals surface area contributed by atoms with Crippen LogP contribution in [-0.4, -0.2) is 23.2 Å². The van der Waals surface area contributed by atoms with Gasteiger partial charge in [0.05, 0.1) is 0 Å². The Labute approximate surface area is 73.2 Å². The Hall–Kier alpha value is -0.570. The summed E-state index contributed by atoms with van der Waals surface area (Å²) in [5.41, 5.74) is 0. The first-order chi connectivity index (χ1) is 5.65. The van der Waals surface area contributed by atoms with E-state index in [9.17, 15) is 4.79 Å². The molecule has 1 fully saturated rings. The topological polar surface area (TPSA) is 49.3 Å². The van der Waals surface area contributed by atoms with Crippen molar-refractivity contribution in [3.05, 3.63) is 0 Å². The van der Waals surface area contributed by atoms with Crippen molar-refractivity contribution in [3.63, 3.8) is 0 Å². The van der Waals surface area contributed by atoms with Gasteiger partial charge in [-0.25, -0.2) is 0 Å². The van der Waals surface area contributed by atoms with E-state index in [1.807, 2.05) is 0 Å². The van der Waals surface area contributed by atoms with Crippen LogP contribution in [0.2, 0.25) is 0 Å². The zero-order chi connectivity index (χ0) is 9.14. The predicted molar refractivity (Wildman–Crippen MR) is 47.0 cm³/mol. The standard InChI is InChI=1S/C9H17NO2/c1-3-6(2)7-4-5-8(10-7)9(11)12/h6-8,10H,3-5H2,1-2H3,(H,11,12). The normalized spacial score (nSPS) is 31.8. The Morgan fingerprint density at radius 2 is 2.33 bits per heavy atom. The summed E-state index contributed by atoms with van der Waals surface area (Å²) >= 11 is 0. The summed E-state index contributed by atoms with van der Waals surface area (Å²) < 4.78 is 0.